The molecule has 19 heavy (non-hydrogen) atoms. The van der Waals surface area contributed by atoms with E-state index in [1.807, 2.05) is 0 Å². The number of hydrogen-bond acceptors (Lipinski definition) is 4. The van der Waals surface area contributed by atoms with Crippen molar-refractivity contribution in [1.29, 1.82) is 0 Å². The number of halogens is 3. The number of rotatable bonds is 4. The van der Waals surface area contributed by atoms with E-state index in [-0.39, 0.29) is 17.2 Å². The molecule has 0 saturated heterocycles. The lowest BCUT2D eigenvalue weighted by Gasteiger charge is -2.18. The lowest BCUT2D eigenvalue weighted by Crippen LogP contribution is -2.16. The van der Waals surface area contributed by atoms with Crippen molar-refractivity contribution in [1.82, 2.24) is 9.97 Å². The van der Waals surface area contributed by atoms with Crippen LogP contribution >= 0.6 is 0 Å². The standard InChI is InChI=1S/C12H19F3N4/c1-11(2,3)5-6-17-9-7-8(12(13,14)15)18-10(16-4)19-9/h7H,5-6H2,1-4H3,(H2,16,17,18,19). The first kappa shape index (κ1) is 15.5. The molecule has 1 aromatic heterocycles. The van der Waals surface area contributed by atoms with Gasteiger partial charge in [0.2, 0.25) is 5.95 Å². The number of nitrogens with one attached hydrogen (secondary N) is 2. The van der Waals surface area contributed by atoms with Gasteiger partial charge in [0.15, 0.2) is 5.69 Å². The van der Waals surface area contributed by atoms with Crippen molar-refractivity contribution < 1.29 is 13.2 Å². The number of hydrogen-bond donors (Lipinski definition) is 2. The maximum atomic E-state index is 12.6. The van der Waals surface area contributed by atoms with E-state index < -0.39 is 11.9 Å². The number of nitrogens with zero attached hydrogens (tertiary/aromatic N) is 2. The van der Waals surface area contributed by atoms with Gasteiger partial charge in [-0.25, -0.2) is 4.98 Å². The molecular weight excluding hydrogens is 257 g/mol. The Morgan fingerprint density at radius 1 is 1.16 bits per heavy atom. The van der Waals surface area contributed by atoms with E-state index in [0.717, 1.165) is 12.5 Å². The molecule has 2 N–H and O–H groups in total. The topological polar surface area (TPSA) is 49.8 Å². The molecule has 0 saturated carbocycles. The Kier molecular flexibility index (Phi) is 4.60. The lowest BCUT2D eigenvalue weighted by atomic mass is 9.92. The number of alkyl halides is 3. The molecule has 0 fully saturated rings. The highest BCUT2D eigenvalue weighted by molar-refractivity contribution is 5.42. The molecule has 1 rings (SSSR count). The van der Waals surface area contributed by atoms with Crippen LogP contribution in [0.1, 0.15) is 32.9 Å². The minimum atomic E-state index is -4.48. The van der Waals surface area contributed by atoms with Gasteiger partial charge >= 0.3 is 6.18 Å². The van der Waals surface area contributed by atoms with Gasteiger partial charge in [0.1, 0.15) is 5.82 Å². The molecule has 0 unspecified atom stereocenters. The van der Waals surface area contributed by atoms with E-state index in [0.29, 0.717) is 6.54 Å². The molecule has 1 aromatic rings. The van der Waals surface area contributed by atoms with Gasteiger partial charge in [-0.05, 0) is 11.8 Å². The summed E-state index contributed by atoms with van der Waals surface area (Å²) in [6, 6.07) is 0.920. The second-order valence-electron chi connectivity index (χ2n) is 5.45. The molecule has 0 aliphatic rings. The molecule has 0 aliphatic carbocycles. The molecule has 7 heteroatoms. The van der Waals surface area contributed by atoms with E-state index in [9.17, 15) is 13.2 Å². The predicted octanol–water partition coefficient (Wildman–Crippen LogP) is 3.39. The van der Waals surface area contributed by atoms with E-state index in [2.05, 4.69) is 41.4 Å². The van der Waals surface area contributed by atoms with Gasteiger partial charge in [-0.3, -0.25) is 0 Å². The molecule has 0 radical (unpaired) electrons. The van der Waals surface area contributed by atoms with Crippen LogP contribution in [0.2, 0.25) is 0 Å². The van der Waals surface area contributed by atoms with Crippen molar-refractivity contribution in [2.75, 3.05) is 24.2 Å². The molecule has 0 aliphatic heterocycles. The van der Waals surface area contributed by atoms with Gasteiger partial charge in [-0.2, -0.15) is 18.2 Å². The SMILES string of the molecule is CNc1nc(NCCC(C)(C)C)cc(C(F)(F)F)n1. The summed E-state index contributed by atoms with van der Waals surface area (Å²) in [6.45, 7) is 6.75. The Balaban J connectivity index is 2.83. The van der Waals surface area contributed by atoms with E-state index in [4.69, 9.17) is 0 Å². The molecule has 0 amide bonds. The molecule has 0 atom stereocenters. The van der Waals surface area contributed by atoms with Crippen molar-refractivity contribution >= 4 is 11.8 Å². The lowest BCUT2D eigenvalue weighted by molar-refractivity contribution is -0.141. The Morgan fingerprint density at radius 3 is 2.26 bits per heavy atom. The maximum Gasteiger partial charge on any atom is 0.433 e. The van der Waals surface area contributed by atoms with Gasteiger partial charge < -0.3 is 10.6 Å². The second kappa shape index (κ2) is 5.63. The summed E-state index contributed by atoms with van der Waals surface area (Å²) in [4.78, 5) is 7.34. The zero-order valence-electron chi connectivity index (χ0n) is 11.5. The smallest absolute Gasteiger partial charge is 0.370 e. The Labute approximate surface area is 110 Å². The first-order chi connectivity index (χ1) is 8.62. The zero-order valence-corrected chi connectivity index (χ0v) is 11.5. The summed E-state index contributed by atoms with van der Waals surface area (Å²) in [5.41, 5.74) is -0.844. The average molecular weight is 276 g/mol. The molecule has 108 valence electrons. The summed E-state index contributed by atoms with van der Waals surface area (Å²) < 4.78 is 37.9. The minimum absolute atomic E-state index is 0.0481. The third-order valence-corrected chi connectivity index (χ3v) is 2.42. The number of aromatic nitrogens is 2. The first-order valence-corrected chi connectivity index (χ1v) is 6.00. The van der Waals surface area contributed by atoms with E-state index in [1.165, 1.54) is 7.05 Å². The molecule has 0 spiro atoms. The Bertz CT molecular complexity index is 424. The Hall–Kier alpha value is -1.53. The fraction of sp³-hybridized carbons (Fsp3) is 0.667. The van der Waals surface area contributed by atoms with Crippen LogP contribution in [0.5, 0.6) is 0 Å². The van der Waals surface area contributed by atoms with Crippen LogP contribution in [0.3, 0.4) is 0 Å². The highest BCUT2D eigenvalue weighted by atomic mass is 19.4. The monoisotopic (exact) mass is 276 g/mol. The van der Waals surface area contributed by atoms with E-state index in [1.54, 1.807) is 0 Å². The first-order valence-electron chi connectivity index (χ1n) is 6.00. The van der Waals surface area contributed by atoms with Crippen LogP contribution in [0.25, 0.3) is 0 Å². The van der Waals surface area contributed by atoms with Crippen LogP contribution in [0.15, 0.2) is 6.07 Å². The summed E-state index contributed by atoms with van der Waals surface area (Å²) in [6.07, 6.45) is -3.65. The van der Waals surface area contributed by atoms with Gasteiger partial charge in [0.25, 0.3) is 0 Å². The van der Waals surface area contributed by atoms with Gasteiger partial charge in [0.05, 0.1) is 0 Å². The summed E-state index contributed by atoms with van der Waals surface area (Å²) in [5, 5.41) is 5.42. The average Bonchev–Trinajstić information content (AvgIpc) is 2.25. The molecule has 4 nitrogen and oxygen atoms in total. The minimum Gasteiger partial charge on any atom is -0.370 e. The van der Waals surface area contributed by atoms with Gasteiger partial charge in [0, 0.05) is 19.7 Å². The highest BCUT2D eigenvalue weighted by Gasteiger charge is 2.33. The number of anilines is 2. The van der Waals surface area contributed by atoms with E-state index >= 15 is 0 Å². The van der Waals surface area contributed by atoms with Gasteiger partial charge in [-0.1, -0.05) is 20.8 Å². The predicted molar refractivity (Wildman–Crippen MR) is 69.1 cm³/mol. The summed E-state index contributed by atoms with van der Waals surface area (Å²) in [7, 11) is 1.48. The summed E-state index contributed by atoms with van der Waals surface area (Å²) >= 11 is 0. The third-order valence-electron chi connectivity index (χ3n) is 2.42. The fourth-order valence-electron chi connectivity index (χ4n) is 1.36. The van der Waals surface area contributed by atoms with Crippen molar-refractivity contribution in [3.8, 4) is 0 Å². The summed E-state index contributed by atoms with van der Waals surface area (Å²) in [5.74, 6) is 0.129. The van der Waals surface area contributed by atoms with Crippen molar-refractivity contribution in [3.63, 3.8) is 0 Å². The third kappa shape index (κ3) is 5.32. The molecule has 0 bridgehead atoms. The normalized spacial score (nSPS) is 12.4. The molecular formula is C12H19F3N4. The maximum absolute atomic E-state index is 12.6. The zero-order chi connectivity index (χ0) is 14.7. The van der Waals surface area contributed by atoms with Crippen LogP contribution in [0, 0.1) is 5.41 Å². The second-order valence-corrected chi connectivity index (χ2v) is 5.45. The van der Waals surface area contributed by atoms with Crippen LogP contribution < -0.4 is 10.6 Å². The van der Waals surface area contributed by atoms with Crippen LogP contribution in [-0.4, -0.2) is 23.6 Å². The van der Waals surface area contributed by atoms with Crippen LogP contribution in [-0.2, 0) is 6.18 Å². The molecule has 0 aromatic carbocycles. The van der Waals surface area contributed by atoms with Crippen molar-refractivity contribution in [2.24, 2.45) is 5.41 Å². The fourth-order valence-corrected chi connectivity index (χ4v) is 1.36. The van der Waals surface area contributed by atoms with Crippen molar-refractivity contribution in [3.05, 3.63) is 11.8 Å². The largest absolute Gasteiger partial charge is 0.433 e. The quantitative estimate of drug-likeness (QED) is 0.885. The highest BCUT2D eigenvalue weighted by Crippen LogP contribution is 2.29. The Morgan fingerprint density at radius 2 is 1.79 bits per heavy atom. The van der Waals surface area contributed by atoms with Gasteiger partial charge in [-0.15, -0.1) is 0 Å². The van der Waals surface area contributed by atoms with Crippen LogP contribution in [0.4, 0.5) is 24.9 Å². The molecule has 1 heterocycles. The van der Waals surface area contributed by atoms with Crippen molar-refractivity contribution in [2.45, 2.75) is 33.4 Å².